The smallest absolute Gasteiger partial charge is 0.255 e. The summed E-state index contributed by atoms with van der Waals surface area (Å²) in [6.45, 7) is 2.96. The molecule has 0 aliphatic carbocycles. The van der Waals surface area contributed by atoms with Gasteiger partial charge >= 0.3 is 0 Å². The quantitative estimate of drug-likeness (QED) is 0.800. The summed E-state index contributed by atoms with van der Waals surface area (Å²) in [4.78, 5) is 25.6. The Hall–Kier alpha value is -2.86. The van der Waals surface area contributed by atoms with Crippen LogP contribution in [0.5, 0.6) is 5.75 Å². The molecule has 1 saturated heterocycles. The second kappa shape index (κ2) is 8.49. The van der Waals surface area contributed by atoms with Gasteiger partial charge in [0.15, 0.2) is 6.61 Å². The van der Waals surface area contributed by atoms with Crippen molar-refractivity contribution in [3.05, 3.63) is 59.7 Å². The molecule has 6 heteroatoms. The van der Waals surface area contributed by atoms with E-state index >= 15 is 0 Å². The van der Waals surface area contributed by atoms with Crippen LogP contribution in [0.25, 0.3) is 0 Å². The van der Waals surface area contributed by atoms with Gasteiger partial charge in [0.05, 0.1) is 0 Å². The molecule has 3 rings (SSSR count). The van der Waals surface area contributed by atoms with Gasteiger partial charge in [-0.15, -0.1) is 0 Å². The highest BCUT2D eigenvalue weighted by atomic mass is 16.5. The van der Waals surface area contributed by atoms with Crippen LogP contribution in [0.4, 0.5) is 5.69 Å². The maximum atomic E-state index is 12.5. The molecular formula is C20H23N3O3. The summed E-state index contributed by atoms with van der Waals surface area (Å²) in [5.74, 6) is -0.162. The van der Waals surface area contributed by atoms with Crippen LogP contribution in [0.2, 0.25) is 0 Å². The van der Waals surface area contributed by atoms with Gasteiger partial charge in [0.1, 0.15) is 5.75 Å². The third-order valence-corrected chi connectivity index (χ3v) is 4.29. The van der Waals surface area contributed by atoms with Crippen molar-refractivity contribution in [2.45, 2.75) is 19.4 Å². The first-order valence-corrected chi connectivity index (χ1v) is 8.74. The van der Waals surface area contributed by atoms with E-state index < -0.39 is 5.91 Å². The Morgan fingerprint density at radius 3 is 2.50 bits per heavy atom. The average molecular weight is 353 g/mol. The number of ether oxygens (including phenoxy) is 1. The highest BCUT2D eigenvalue weighted by Gasteiger charge is 2.13. The van der Waals surface area contributed by atoms with Crippen LogP contribution in [0.15, 0.2) is 48.5 Å². The highest BCUT2D eigenvalue weighted by molar-refractivity contribution is 6.04. The molecule has 136 valence electrons. The minimum atomic E-state index is -0.531. The van der Waals surface area contributed by atoms with Gasteiger partial charge in [-0.1, -0.05) is 12.1 Å². The number of benzene rings is 2. The molecule has 6 nitrogen and oxygen atoms in total. The van der Waals surface area contributed by atoms with Crippen molar-refractivity contribution in [3.63, 3.8) is 0 Å². The van der Waals surface area contributed by atoms with Crippen LogP contribution in [0, 0.1) is 0 Å². The number of nitrogens with two attached hydrogens (primary N) is 1. The Balaban J connectivity index is 1.59. The number of rotatable bonds is 7. The predicted octanol–water partition coefficient (Wildman–Crippen LogP) is 2.40. The van der Waals surface area contributed by atoms with Crippen LogP contribution >= 0.6 is 0 Å². The molecule has 0 aromatic heterocycles. The van der Waals surface area contributed by atoms with Crippen LogP contribution in [-0.4, -0.2) is 36.4 Å². The summed E-state index contributed by atoms with van der Waals surface area (Å²) < 4.78 is 5.20. The van der Waals surface area contributed by atoms with Crippen LogP contribution < -0.4 is 15.8 Å². The zero-order chi connectivity index (χ0) is 18.4. The molecule has 0 radical (unpaired) electrons. The fourth-order valence-electron chi connectivity index (χ4n) is 3.00. The van der Waals surface area contributed by atoms with Gasteiger partial charge in [0.2, 0.25) is 0 Å². The van der Waals surface area contributed by atoms with Crippen LogP contribution in [0.1, 0.15) is 28.8 Å². The minimum Gasteiger partial charge on any atom is -0.484 e. The third-order valence-electron chi connectivity index (χ3n) is 4.29. The maximum absolute atomic E-state index is 12.5. The lowest BCUT2D eigenvalue weighted by atomic mass is 10.1. The van der Waals surface area contributed by atoms with Crippen molar-refractivity contribution in [2.75, 3.05) is 25.0 Å². The van der Waals surface area contributed by atoms with Gasteiger partial charge in [-0.05, 0) is 67.9 Å². The molecule has 1 fully saturated rings. The minimum absolute atomic E-state index is 0.154. The van der Waals surface area contributed by atoms with E-state index in [1.54, 1.807) is 24.3 Å². The molecule has 2 amide bonds. The number of carbonyl (C=O) groups excluding carboxylic acids is 2. The van der Waals surface area contributed by atoms with E-state index in [4.69, 9.17) is 10.5 Å². The van der Waals surface area contributed by atoms with E-state index in [-0.39, 0.29) is 12.5 Å². The Morgan fingerprint density at radius 2 is 1.81 bits per heavy atom. The summed E-state index contributed by atoms with van der Waals surface area (Å²) >= 11 is 0. The van der Waals surface area contributed by atoms with Crippen LogP contribution in [-0.2, 0) is 11.3 Å². The summed E-state index contributed by atoms with van der Waals surface area (Å²) in [6.07, 6.45) is 2.50. The van der Waals surface area contributed by atoms with Crippen molar-refractivity contribution in [1.29, 1.82) is 0 Å². The lowest BCUT2D eigenvalue weighted by Gasteiger charge is -2.15. The highest BCUT2D eigenvalue weighted by Crippen LogP contribution is 2.18. The largest absolute Gasteiger partial charge is 0.484 e. The standard InChI is InChI=1S/C20H23N3O3/c21-19(24)14-26-18-8-6-17(7-9-18)22-20(25)16-5-3-4-15(12-16)13-23-10-1-2-11-23/h3-9,12H,1-2,10-11,13-14H2,(H2,21,24)(H,22,25). The first-order valence-electron chi connectivity index (χ1n) is 8.74. The average Bonchev–Trinajstić information content (AvgIpc) is 3.14. The molecule has 0 atom stereocenters. The SMILES string of the molecule is NC(=O)COc1ccc(NC(=O)c2cccc(CN3CCCC3)c2)cc1. The summed E-state index contributed by atoms with van der Waals surface area (Å²) in [5, 5.41) is 2.87. The fraction of sp³-hybridized carbons (Fsp3) is 0.300. The summed E-state index contributed by atoms with van der Waals surface area (Å²) in [6, 6.07) is 14.5. The first kappa shape index (κ1) is 17.9. The lowest BCUT2D eigenvalue weighted by molar-refractivity contribution is -0.119. The van der Waals surface area contributed by atoms with Gasteiger partial charge in [0, 0.05) is 17.8 Å². The molecule has 0 bridgehead atoms. The molecule has 1 aliphatic rings. The zero-order valence-electron chi connectivity index (χ0n) is 14.6. The third kappa shape index (κ3) is 5.07. The summed E-state index contributed by atoms with van der Waals surface area (Å²) in [5.41, 5.74) is 7.48. The molecule has 0 spiro atoms. The van der Waals surface area contributed by atoms with Gasteiger partial charge in [0.25, 0.3) is 11.8 Å². The second-order valence-electron chi connectivity index (χ2n) is 6.42. The molecule has 0 saturated carbocycles. The van der Waals surface area contributed by atoms with Crippen molar-refractivity contribution in [1.82, 2.24) is 4.90 Å². The summed E-state index contributed by atoms with van der Waals surface area (Å²) in [7, 11) is 0. The Labute approximate surface area is 152 Å². The number of primary amides is 1. The van der Waals surface area contributed by atoms with Gasteiger partial charge in [-0.3, -0.25) is 14.5 Å². The Morgan fingerprint density at radius 1 is 1.08 bits per heavy atom. The maximum Gasteiger partial charge on any atom is 0.255 e. The second-order valence-corrected chi connectivity index (χ2v) is 6.42. The number of carbonyl (C=O) groups is 2. The number of nitrogens with zero attached hydrogens (tertiary/aromatic N) is 1. The van der Waals surface area contributed by atoms with Crippen molar-refractivity contribution in [3.8, 4) is 5.75 Å². The van der Waals surface area contributed by atoms with E-state index in [0.29, 0.717) is 17.0 Å². The van der Waals surface area contributed by atoms with Crippen LogP contribution in [0.3, 0.4) is 0 Å². The molecule has 3 N–H and O–H groups in total. The molecule has 26 heavy (non-hydrogen) atoms. The van der Waals surface area contributed by atoms with Gasteiger partial charge in [-0.2, -0.15) is 0 Å². The molecule has 2 aromatic carbocycles. The monoisotopic (exact) mass is 353 g/mol. The molecule has 0 unspecified atom stereocenters. The van der Waals surface area contributed by atoms with Gasteiger partial charge in [-0.25, -0.2) is 0 Å². The van der Waals surface area contributed by atoms with E-state index in [1.807, 2.05) is 18.2 Å². The number of hydrogen-bond donors (Lipinski definition) is 2. The number of hydrogen-bond acceptors (Lipinski definition) is 4. The Kier molecular flexibility index (Phi) is 5.86. The molecule has 1 heterocycles. The van der Waals surface area contributed by atoms with E-state index in [1.165, 1.54) is 12.8 Å². The van der Waals surface area contributed by atoms with Crippen molar-refractivity contribution < 1.29 is 14.3 Å². The Bertz CT molecular complexity index is 768. The normalized spacial score (nSPS) is 14.2. The lowest BCUT2D eigenvalue weighted by Crippen LogP contribution is -2.20. The molecule has 1 aliphatic heterocycles. The number of anilines is 1. The fourth-order valence-corrected chi connectivity index (χ4v) is 3.00. The number of likely N-dealkylation sites (tertiary alicyclic amines) is 1. The predicted molar refractivity (Wildman–Crippen MR) is 100 cm³/mol. The molecular weight excluding hydrogens is 330 g/mol. The van der Waals surface area contributed by atoms with Gasteiger partial charge < -0.3 is 15.8 Å². The topological polar surface area (TPSA) is 84.7 Å². The zero-order valence-corrected chi connectivity index (χ0v) is 14.6. The van der Waals surface area contributed by atoms with E-state index in [9.17, 15) is 9.59 Å². The van der Waals surface area contributed by atoms with Crippen molar-refractivity contribution in [2.24, 2.45) is 5.73 Å². The molecule has 2 aromatic rings. The van der Waals surface area contributed by atoms with Crippen molar-refractivity contribution >= 4 is 17.5 Å². The first-order chi connectivity index (χ1) is 12.6. The number of amides is 2. The number of nitrogens with one attached hydrogen (secondary N) is 1. The van der Waals surface area contributed by atoms with E-state index in [0.717, 1.165) is 25.2 Å². The van der Waals surface area contributed by atoms with E-state index in [2.05, 4.69) is 16.3 Å².